The number of aliphatic carboxylic acids is 1. The number of benzene rings is 1. The van der Waals surface area contributed by atoms with Crippen LogP contribution in [0.2, 0.25) is 0 Å². The molecule has 20 heavy (non-hydrogen) atoms. The summed E-state index contributed by atoms with van der Waals surface area (Å²) in [7, 11) is 1.56. The van der Waals surface area contributed by atoms with Crippen molar-refractivity contribution in [1.82, 2.24) is 0 Å². The predicted octanol–water partition coefficient (Wildman–Crippen LogP) is 2.20. The van der Waals surface area contributed by atoms with Crippen LogP contribution in [0.1, 0.15) is 18.4 Å². The third-order valence-electron chi connectivity index (χ3n) is 3.22. The molecule has 0 spiro atoms. The Morgan fingerprint density at radius 2 is 2.25 bits per heavy atom. The molecule has 0 amide bonds. The molecule has 0 aliphatic heterocycles. The summed E-state index contributed by atoms with van der Waals surface area (Å²) in [5.41, 5.74) is 6.34. The summed E-state index contributed by atoms with van der Waals surface area (Å²) in [6.07, 6.45) is 2.67. The van der Waals surface area contributed by atoms with Gasteiger partial charge in [0, 0.05) is 0 Å². The van der Waals surface area contributed by atoms with E-state index < -0.39 is 12.0 Å². The zero-order chi connectivity index (χ0) is 14.7. The Balaban J connectivity index is 2.15. The molecule has 0 aromatic heterocycles. The molecule has 1 unspecified atom stereocenters. The van der Waals surface area contributed by atoms with Gasteiger partial charge in [0.1, 0.15) is 6.04 Å². The number of carboxylic acids is 1. The number of rotatable bonds is 7. The van der Waals surface area contributed by atoms with Gasteiger partial charge in [-0.25, -0.2) is 0 Å². The summed E-state index contributed by atoms with van der Waals surface area (Å²) >= 11 is 3.44. The summed E-state index contributed by atoms with van der Waals surface area (Å²) in [6, 6.07) is 2.67. The molecule has 1 aromatic carbocycles. The molecule has 1 aromatic rings. The highest BCUT2D eigenvalue weighted by Gasteiger charge is 2.23. The smallest absolute Gasteiger partial charge is 0.320 e. The first-order valence-corrected chi connectivity index (χ1v) is 7.28. The molecule has 1 atom stereocenters. The Kier molecular flexibility index (Phi) is 4.88. The fourth-order valence-corrected chi connectivity index (χ4v) is 2.46. The van der Waals surface area contributed by atoms with Crippen LogP contribution in [0.15, 0.2) is 16.6 Å². The summed E-state index contributed by atoms with van der Waals surface area (Å²) < 4.78 is 11.8. The number of methoxy groups -OCH3 is 1. The van der Waals surface area contributed by atoms with Crippen molar-refractivity contribution in [3.63, 3.8) is 0 Å². The minimum absolute atomic E-state index is 0.243. The van der Waals surface area contributed by atoms with Crippen molar-refractivity contribution in [2.24, 2.45) is 11.7 Å². The summed E-state index contributed by atoms with van der Waals surface area (Å²) in [5, 5.41) is 8.85. The summed E-state index contributed by atoms with van der Waals surface area (Å²) in [5.74, 6) is 0.875. The van der Waals surface area contributed by atoms with E-state index in [1.165, 1.54) is 12.8 Å². The van der Waals surface area contributed by atoms with E-state index in [1.54, 1.807) is 13.2 Å². The number of halogens is 1. The zero-order valence-corrected chi connectivity index (χ0v) is 12.9. The number of nitrogens with two attached hydrogens (primary N) is 1. The molecule has 3 N–H and O–H groups in total. The molecule has 1 aliphatic rings. The Hall–Kier alpha value is -1.27. The van der Waals surface area contributed by atoms with E-state index in [-0.39, 0.29) is 6.42 Å². The van der Waals surface area contributed by atoms with Gasteiger partial charge in [0.05, 0.1) is 18.2 Å². The molecule has 110 valence electrons. The molecule has 2 rings (SSSR count). The molecule has 1 fully saturated rings. The standard InChI is InChI=1S/C14H18BrNO4/c1-19-12-6-9(5-11(16)14(17)18)4-10(15)13(12)20-7-8-2-3-8/h4,6,8,11H,2-3,5,7,16H2,1H3,(H,17,18). The van der Waals surface area contributed by atoms with E-state index in [2.05, 4.69) is 15.9 Å². The van der Waals surface area contributed by atoms with Gasteiger partial charge in [0.25, 0.3) is 0 Å². The first-order valence-electron chi connectivity index (χ1n) is 6.49. The highest BCUT2D eigenvalue weighted by atomic mass is 79.9. The molecule has 0 radical (unpaired) electrons. The maximum Gasteiger partial charge on any atom is 0.320 e. The van der Waals surface area contributed by atoms with Gasteiger partial charge in [0.15, 0.2) is 11.5 Å². The minimum Gasteiger partial charge on any atom is -0.493 e. The van der Waals surface area contributed by atoms with Crippen molar-refractivity contribution >= 4 is 21.9 Å². The third-order valence-corrected chi connectivity index (χ3v) is 3.81. The lowest BCUT2D eigenvalue weighted by molar-refractivity contribution is -0.138. The fraction of sp³-hybridized carbons (Fsp3) is 0.500. The third kappa shape index (κ3) is 3.86. The first kappa shape index (κ1) is 15.1. The van der Waals surface area contributed by atoms with Crippen LogP contribution in [-0.4, -0.2) is 30.8 Å². The van der Waals surface area contributed by atoms with E-state index >= 15 is 0 Å². The fourth-order valence-electron chi connectivity index (χ4n) is 1.86. The van der Waals surface area contributed by atoms with Gasteiger partial charge < -0.3 is 20.3 Å². The minimum atomic E-state index is -1.02. The van der Waals surface area contributed by atoms with E-state index in [0.29, 0.717) is 24.0 Å². The van der Waals surface area contributed by atoms with Crippen molar-refractivity contribution in [3.05, 3.63) is 22.2 Å². The topological polar surface area (TPSA) is 81.8 Å². The SMILES string of the molecule is COc1cc(CC(N)C(=O)O)cc(Br)c1OCC1CC1. The lowest BCUT2D eigenvalue weighted by Crippen LogP contribution is -2.32. The van der Waals surface area contributed by atoms with E-state index in [1.807, 2.05) is 6.07 Å². The Labute approximate surface area is 126 Å². The molecular weight excluding hydrogens is 326 g/mol. The van der Waals surface area contributed by atoms with Crippen molar-refractivity contribution in [2.75, 3.05) is 13.7 Å². The van der Waals surface area contributed by atoms with Gasteiger partial charge in [-0.1, -0.05) is 0 Å². The van der Waals surface area contributed by atoms with Crippen molar-refractivity contribution in [3.8, 4) is 11.5 Å². The Morgan fingerprint density at radius 1 is 1.55 bits per heavy atom. The molecule has 5 nitrogen and oxygen atoms in total. The second-order valence-corrected chi connectivity index (χ2v) is 5.87. The number of hydrogen-bond acceptors (Lipinski definition) is 4. The van der Waals surface area contributed by atoms with Crippen LogP contribution >= 0.6 is 15.9 Å². The van der Waals surface area contributed by atoms with Crippen LogP contribution in [0.5, 0.6) is 11.5 Å². The van der Waals surface area contributed by atoms with Crippen molar-refractivity contribution in [2.45, 2.75) is 25.3 Å². The second-order valence-electron chi connectivity index (χ2n) is 5.01. The number of carbonyl (C=O) groups is 1. The van der Waals surface area contributed by atoms with Gasteiger partial charge >= 0.3 is 5.97 Å². The molecule has 1 aliphatic carbocycles. The lowest BCUT2D eigenvalue weighted by atomic mass is 10.1. The maximum atomic E-state index is 10.8. The van der Waals surface area contributed by atoms with E-state index in [4.69, 9.17) is 20.3 Å². The normalized spacial score (nSPS) is 15.8. The van der Waals surface area contributed by atoms with Crippen molar-refractivity contribution in [1.29, 1.82) is 0 Å². The zero-order valence-electron chi connectivity index (χ0n) is 11.3. The van der Waals surface area contributed by atoms with Crippen LogP contribution in [-0.2, 0) is 11.2 Å². The van der Waals surface area contributed by atoms with Gasteiger partial charge in [-0.3, -0.25) is 4.79 Å². The Morgan fingerprint density at radius 3 is 2.80 bits per heavy atom. The average molecular weight is 344 g/mol. The quantitative estimate of drug-likeness (QED) is 0.793. The van der Waals surface area contributed by atoms with Crippen LogP contribution in [0.4, 0.5) is 0 Å². The monoisotopic (exact) mass is 343 g/mol. The van der Waals surface area contributed by atoms with Crippen LogP contribution < -0.4 is 15.2 Å². The van der Waals surface area contributed by atoms with Crippen LogP contribution in [0.3, 0.4) is 0 Å². The maximum absolute atomic E-state index is 10.8. The number of ether oxygens (including phenoxy) is 2. The molecule has 6 heteroatoms. The first-order chi connectivity index (χ1) is 9.51. The van der Waals surface area contributed by atoms with Crippen LogP contribution in [0, 0.1) is 5.92 Å². The second kappa shape index (κ2) is 6.45. The lowest BCUT2D eigenvalue weighted by Gasteiger charge is -2.15. The summed E-state index contributed by atoms with van der Waals surface area (Å²) in [4.78, 5) is 10.8. The highest BCUT2D eigenvalue weighted by molar-refractivity contribution is 9.10. The molecule has 0 heterocycles. The van der Waals surface area contributed by atoms with Gasteiger partial charge in [-0.2, -0.15) is 0 Å². The largest absolute Gasteiger partial charge is 0.493 e. The van der Waals surface area contributed by atoms with Crippen molar-refractivity contribution < 1.29 is 19.4 Å². The Bertz CT molecular complexity index is 502. The molecular formula is C14H18BrNO4. The van der Waals surface area contributed by atoms with Crippen LogP contribution in [0.25, 0.3) is 0 Å². The molecule has 0 bridgehead atoms. The number of hydrogen-bond donors (Lipinski definition) is 2. The van der Waals surface area contributed by atoms with E-state index in [9.17, 15) is 4.79 Å². The van der Waals surface area contributed by atoms with E-state index in [0.717, 1.165) is 10.0 Å². The summed E-state index contributed by atoms with van der Waals surface area (Å²) in [6.45, 7) is 0.683. The van der Waals surface area contributed by atoms with Gasteiger partial charge in [0.2, 0.25) is 0 Å². The average Bonchev–Trinajstić information content (AvgIpc) is 3.20. The van der Waals surface area contributed by atoms with Gasteiger partial charge in [-0.05, 0) is 58.8 Å². The van der Waals surface area contributed by atoms with Gasteiger partial charge in [-0.15, -0.1) is 0 Å². The highest BCUT2D eigenvalue weighted by Crippen LogP contribution is 2.39. The molecule has 1 saturated carbocycles. The predicted molar refractivity (Wildman–Crippen MR) is 78.2 cm³/mol. The molecule has 0 saturated heterocycles. The number of carboxylic acid groups (broad SMARTS) is 1.